The molecule has 0 bridgehead atoms. The van der Waals surface area contributed by atoms with Gasteiger partial charge in [-0.1, -0.05) is 18.2 Å². The molecule has 0 aliphatic carbocycles. The van der Waals surface area contributed by atoms with Crippen LogP contribution in [-0.4, -0.2) is 25.7 Å². The predicted molar refractivity (Wildman–Crippen MR) is 85.8 cm³/mol. The molecule has 0 fully saturated rings. The van der Waals surface area contributed by atoms with E-state index in [2.05, 4.69) is 15.5 Å². The van der Waals surface area contributed by atoms with E-state index in [1.807, 2.05) is 36.4 Å². The first-order valence-electron chi connectivity index (χ1n) is 7.35. The van der Waals surface area contributed by atoms with E-state index in [1.54, 1.807) is 6.07 Å². The van der Waals surface area contributed by atoms with Gasteiger partial charge in [0.25, 0.3) is 0 Å². The number of fused-ring (bicyclic) bond motifs is 1. The first-order valence-corrected chi connectivity index (χ1v) is 7.35. The van der Waals surface area contributed by atoms with Crippen LogP contribution in [0.15, 0.2) is 48.5 Å². The van der Waals surface area contributed by atoms with Crippen LogP contribution >= 0.6 is 0 Å². The summed E-state index contributed by atoms with van der Waals surface area (Å²) >= 11 is 0. The van der Waals surface area contributed by atoms with Crippen molar-refractivity contribution in [3.05, 3.63) is 59.9 Å². The Balaban J connectivity index is 1.47. The molecule has 0 atom stereocenters. The normalized spacial score (nSPS) is 12.9. The van der Waals surface area contributed by atoms with Crippen LogP contribution in [0.2, 0.25) is 0 Å². The molecule has 1 aliphatic heterocycles. The maximum absolute atomic E-state index is 13.2. The van der Waals surface area contributed by atoms with Gasteiger partial charge in [-0.3, -0.25) is 0 Å². The molecule has 2 N–H and O–H groups in total. The molecule has 2 aromatic carbocycles. The van der Waals surface area contributed by atoms with Gasteiger partial charge >= 0.3 is 6.03 Å². The van der Waals surface area contributed by atoms with Gasteiger partial charge in [-0.15, -0.1) is 0 Å². The minimum atomic E-state index is -0.218. The van der Waals surface area contributed by atoms with E-state index in [0.717, 1.165) is 29.9 Å². The van der Waals surface area contributed by atoms with E-state index in [4.69, 9.17) is 0 Å². The number of hydrogen-bond donors (Lipinski definition) is 2. The lowest BCUT2D eigenvalue weighted by Crippen LogP contribution is -2.36. The number of anilines is 2. The van der Waals surface area contributed by atoms with Gasteiger partial charge in [0.15, 0.2) is 0 Å². The SMILES string of the molecule is O=C(NCCN1CCc2cc(F)ccc21)Nc1ccccc1. The zero-order chi connectivity index (χ0) is 15.4. The molecule has 0 saturated carbocycles. The van der Waals surface area contributed by atoms with Crippen molar-refractivity contribution >= 4 is 17.4 Å². The topological polar surface area (TPSA) is 44.4 Å². The molecule has 0 radical (unpaired) electrons. The van der Waals surface area contributed by atoms with Crippen LogP contribution in [0.4, 0.5) is 20.6 Å². The number of halogens is 1. The Bertz CT molecular complexity index is 660. The Hall–Kier alpha value is -2.56. The summed E-state index contributed by atoms with van der Waals surface area (Å²) in [7, 11) is 0. The number of amides is 2. The Kier molecular flexibility index (Phi) is 4.23. The van der Waals surface area contributed by atoms with E-state index in [-0.39, 0.29) is 11.8 Å². The number of benzene rings is 2. The monoisotopic (exact) mass is 299 g/mol. The highest BCUT2D eigenvalue weighted by atomic mass is 19.1. The summed E-state index contributed by atoms with van der Waals surface area (Å²) in [4.78, 5) is 14.0. The van der Waals surface area contributed by atoms with E-state index >= 15 is 0 Å². The Morgan fingerprint density at radius 1 is 1.18 bits per heavy atom. The van der Waals surface area contributed by atoms with Crippen LogP contribution in [0.25, 0.3) is 0 Å². The maximum atomic E-state index is 13.2. The number of urea groups is 1. The summed E-state index contributed by atoms with van der Waals surface area (Å²) in [6.45, 7) is 2.11. The quantitative estimate of drug-likeness (QED) is 0.911. The molecule has 0 unspecified atom stereocenters. The van der Waals surface area contributed by atoms with Crippen LogP contribution in [0, 0.1) is 5.82 Å². The maximum Gasteiger partial charge on any atom is 0.319 e. The Labute approximate surface area is 128 Å². The number of para-hydroxylation sites is 1. The van der Waals surface area contributed by atoms with E-state index in [0.29, 0.717) is 13.1 Å². The fourth-order valence-corrected chi connectivity index (χ4v) is 2.67. The van der Waals surface area contributed by atoms with Gasteiger partial charge < -0.3 is 15.5 Å². The molecule has 114 valence electrons. The molecular formula is C17H18FN3O. The van der Waals surface area contributed by atoms with Crippen molar-refractivity contribution in [2.24, 2.45) is 0 Å². The van der Waals surface area contributed by atoms with Crippen LogP contribution in [0.5, 0.6) is 0 Å². The predicted octanol–water partition coefficient (Wildman–Crippen LogP) is 3.01. The zero-order valence-electron chi connectivity index (χ0n) is 12.2. The fraction of sp³-hybridized carbons (Fsp3) is 0.235. The fourth-order valence-electron chi connectivity index (χ4n) is 2.67. The molecule has 0 saturated heterocycles. The van der Waals surface area contributed by atoms with Gasteiger partial charge in [0.1, 0.15) is 5.82 Å². The number of nitrogens with one attached hydrogen (secondary N) is 2. The highest BCUT2D eigenvalue weighted by Crippen LogP contribution is 2.27. The van der Waals surface area contributed by atoms with Crippen molar-refractivity contribution in [3.8, 4) is 0 Å². The molecule has 3 rings (SSSR count). The molecule has 0 spiro atoms. The average Bonchev–Trinajstić information content (AvgIpc) is 2.90. The third-order valence-corrected chi connectivity index (χ3v) is 3.73. The summed E-state index contributed by atoms with van der Waals surface area (Å²) in [6, 6.07) is 14.0. The van der Waals surface area contributed by atoms with E-state index < -0.39 is 0 Å². The number of hydrogen-bond acceptors (Lipinski definition) is 2. The average molecular weight is 299 g/mol. The van der Waals surface area contributed by atoms with Crippen LogP contribution < -0.4 is 15.5 Å². The molecule has 22 heavy (non-hydrogen) atoms. The number of carbonyl (C=O) groups is 1. The van der Waals surface area contributed by atoms with Crippen molar-refractivity contribution < 1.29 is 9.18 Å². The van der Waals surface area contributed by atoms with Crippen molar-refractivity contribution in [3.63, 3.8) is 0 Å². The van der Waals surface area contributed by atoms with Gasteiger partial charge in [0.2, 0.25) is 0 Å². The van der Waals surface area contributed by atoms with Crippen LogP contribution in [0.3, 0.4) is 0 Å². The second-order valence-electron chi connectivity index (χ2n) is 5.26. The minimum Gasteiger partial charge on any atom is -0.369 e. The summed E-state index contributed by atoms with van der Waals surface area (Å²) in [5.41, 5.74) is 2.86. The largest absolute Gasteiger partial charge is 0.369 e. The lowest BCUT2D eigenvalue weighted by molar-refractivity contribution is 0.252. The first kappa shape index (κ1) is 14.4. The smallest absolute Gasteiger partial charge is 0.319 e. The summed E-state index contributed by atoms with van der Waals surface area (Å²) in [6.07, 6.45) is 0.851. The first-order chi connectivity index (χ1) is 10.7. The molecule has 0 aromatic heterocycles. The highest BCUT2D eigenvalue weighted by Gasteiger charge is 2.18. The standard InChI is InChI=1S/C17H18FN3O/c18-14-6-7-16-13(12-14)8-10-21(16)11-9-19-17(22)20-15-4-2-1-3-5-15/h1-7,12H,8-11H2,(H2,19,20,22). The molecule has 1 aliphatic rings. The van der Waals surface area contributed by atoms with Gasteiger partial charge in [0, 0.05) is 31.0 Å². The summed E-state index contributed by atoms with van der Waals surface area (Å²) < 4.78 is 13.2. The number of carbonyl (C=O) groups excluding carboxylic acids is 1. The second kappa shape index (κ2) is 6.47. The van der Waals surface area contributed by atoms with Gasteiger partial charge in [-0.2, -0.15) is 0 Å². The number of rotatable bonds is 4. The summed E-state index contributed by atoms with van der Waals surface area (Å²) in [5.74, 6) is -0.194. The van der Waals surface area contributed by atoms with Crippen molar-refractivity contribution in [1.82, 2.24) is 5.32 Å². The van der Waals surface area contributed by atoms with Crippen LogP contribution in [0.1, 0.15) is 5.56 Å². The van der Waals surface area contributed by atoms with Crippen molar-refractivity contribution in [2.75, 3.05) is 29.9 Å². The number of nitrogens with zero attached hydrogens (tertiary/aromatic N) is 1. The third kappa shape index (κ3) is 3.36. The van der Waals surface area contributed by atoms with Crippen molar-refractivity contribution in [1.29, 1.82) is 0 Å². The lowest BCUT2D eigenvalue weighted by Gasteiger charge is -2.19. The van der Waals surface area contributed by atoms with Gasteiger partial charge in [-0.05, 0) is 42.3 Å². The van der Waals surface area contributed by atoms with Crippen molar-refractivity contribution in [2.45, 2.75) is 6.42 Å². The highest BCUT2D eigenvalue weighted by molar-refractivity contribution is 5.89. The molecule has 5 heteroatoms. The van der Waals surface area contributed by atoms with E-state index in [9.17, 15) is 9.18 Å². The minimum absolute atomic E-state index is 0.194. The molecule has 2 amide bonds. The second-order valence-corrected chi connectivity index (χ2v) is 5.26. The van der Waals surface area contributed by atoms with E-state index in [1.165, 1.54) is 6.07 Å². The third-order valence-electron chi connectivity index (χ3n) is 3.73. The molecule has 2 aromatic rings. The van der Waals surface area contributed by atoms with Gasteiger partial charge in [0.05, 0.1) is 0 Å². The van der Waals surface area contributed by atoms with Gasteiger partial charge in [-0.25, -0.2) is 9.18 Å². The Morgan fingerprint density at radius 2 is 2.00 bits per heavy atom. The Morgan fingerprint density at radius 3 is 2.82 bits per heavy atom. The lowest BCUT2D eigenvalue weighted by atomic mass is 10.2. The molecule has 4 nitrogen and oxygen atoms in total. The van der Waals surface area contributed by atoms with Crippen LogP contribution in [-0.2, 0) is 6.42 Å². The summed E-state index contributed by atoms with van der Waals surface area (Å²) in [5, 5.41) is 5.61. The molecular weight excluding hydrogens is 281 g/mol. The molecule has 1 heterocycles. The zero-order valence-corrected chi connectivity index (χ0v) is 12.2.